The van der Waals surface area contributed by atoms with Gasteiger partial charge in [-0.2, -0.15) is 0 Å². The zero-order chi connectivity index (χ0) is 13.0. The number of nitrogens with two attached hydrogens (primary N) is 1. The van der Waals surface area contributed by atoms with Crippen LogP contribution in [0.25, 0.3) is 0 Å². The number of nitrogen functional groups attached to an aromatic ring is 1. The van der Waals surface area contributed by atoms with E-state index in [1.165, 1.54) is 11.3 Å². The first kappa shape index (κ1) is 13.8. The van der Waals surface area contributed by atoms with Gasteiger partial charge in [0, 0.05) is 31.5 Å². The Bertz CT molecular complexity index is 358. The van der Waals surface area contributed by atoms with Crippen LogP contribution >= 0.6 is 0 Å². The van der Waals surface area contributed by atoms with E-state index in [4.69, 9.17) is 5.73 Å². The van der Waals surface area contributed by atoms with Crippen LogP contribution in [-0.2, 0) is 0 Å². The van der Waals surface area contributed by atoms with Gasteiger partial charge >= 0.3 is 0 Å². The Morgan fingerprint density at radius 2 is 1.76 bits per heavy atom. The van der Waals surface area contributed by atoms with E-state index in [2.05, 4.69) is 63.0 Å². The fraction of sp³-hybridized carbons (Fsp3) is 0.571. The number of benzene rings is 1. The summed E-state index contributed by atoms with van der Waals surface area (Å²) in [5, 5.41) is 0. The molecular weight excluding hydrogens is 210 g/mol. The highest BCUT2D eigenvalue weighted by molar-refractivity contribution is 5.60. The molecule has 96 valence electrons. The van der Waals surface area contributed by atoms with Gasteiger partial charge in [0.1, 0.15) is 0 Å². The smallest absolute Gasteiger partial charge is 0.0384 e. The van der Waals surface area contributed by atoms with Crippen LogP contribution in [0.15, 0.2) is 18.2 Å². The topological polar surface area (TPSA) is 32.5 Å². The van der Waals surface area contributed by atoms with Crippen LogP contribution < -0.4 is 10.6 Å². The Hall–Kier alpha value is -1.22. The first-order valence-electron chi connectivity index (χ1n) is 6.17. The SMILES string of the molecule is CC(C)c1ccc(N(C)CCN(C)C)cc1N. The molecule has 0 unspecified atom stereocenters. The Labute approximate surface area is 105 Å². The van der Waals surface area contributed by atoms with E-state index in [0.29, 0.717) is 5.92 Å². The van der Waals surface area contributed by atoms with Crippen LogP contribution in [0.1, 0.15) is 25.3 Å². The molecule has 17 heavy (non-hydrogen) atoms. The summed E-state index contributed by atoms with van der Waals surface area (Å²) in [7, 11) is 6.28. The van der Waals surface area contributed by atoms with Gasteiger partial charge < -0.3 is 15.5 Å². The molecule has 0 amide bonds. The highest BCUT2D eigenvalue weighted by atomic mass is 15.2. The molecule has 0 aliphatic heterocycles. The molecular formula is C14H25N3. The number of anilines is 2. The van der Waals surface area contributed by atoms with Crippen molar-refractivity contribution < 1.29 is 0 Å². The van der Waals surface area contributed by atoms with Gasteiger partial charge in [0.25, 0.3) is 0 Å². The number of rotatable bonds is 5. The Morgan fingerprint density at radius 1 is 1.12 bits per heavy atom. The lowest BCUT2D eigenvalue weighted by Gasteiger charge is -2.23. The quantitative estimate of drug-likeness (QED) is 0.795. The third-order valence-corrected chi connectivity index (χ3v) is 3.02. The van der Waals surface area contributed by atoms with Crippen molar-refractivity contribution >= 4 is 11.4 Å². The van der Waals surface area contributed by atoms with E-state index in [1.807, 2.05) is 0 Å². The molecule has 3 nitrogen and oxygen atoms in total. The number of hydrogen-bond acceptors (Lipinski definition) is 3. The summed E-state index contributed by atoms with van der Waals surface area (Å²) >= 11 is 0. The van der Waals surface area contributed by atoms with Crippen molar-refractivity contribution in [3.8, 4) is 0 Å². The monoisotopic (exact) mass is 235 g/mol. The predicted molar refractivity (Wildman–Crippen MR) is 76.8 cm³/mol. The summed E-state index contributed by atoms with van der Waals surface area (Å²) < 4.78 is 0. The third kappa shape index (κ3) is 3.93. The van der Waals surface area contributed by atoms with E-state index >= 15 is 0 Å². The molecule has 1 aromatic carbocycles. The predicted octanol–water partition coefficient (Wildman–Crippen LogP) is 2.39. The molecule has 0 aromatic heterocycles. The highest BCUT2D eigenvalue weighted by Gasteiger charge is 2.07. The fourth-order valence-electron chi connectivity index (χ4n) is 1.80. The van der Waals surface area contributed by atoms with E-state index < -0.39 is 0 Å². The fourth-order valence-corrected chi connectivity index (χ4v) is 1.80. The minimum atomic E-state index is 0.483. The van der Waals surface area contributed by atoms with Crippen molar-refractivity contribution in [3.63, 3.8) is 0 Å². The average molecular weight is 235 g/mol. The van der Waals surface area contributed by atoms with Gasteiger partial charge in [0.15, 0.2) is 0 Å². The van der Waals surface area contributed by atoms with Gasteiger partial charge in [0.05, 0.1) is 0 Å². The molecule has 0 radical (unpaired) electrons. The maximum Gasteiger partial charge on any atom is 0.0384 e. The molecule has 1 aromatic rings. The molecule has 0 saturated heterocycles. The Balaban J connectivity index is 2.75. The molecule has 0 aliphatic rings. The van der Waals surface area contributed by atoms with Crippen LogP contribution in [0.5, 0.6) is 0 Å². The van der Waals surface area contributed by atoms with Crippen molar-refractivity contribution in [1.29, 1.82) is 0 Å². The Morgan fingerprint density at radius 3 is 2.24 bits per heavy atom. The van der Waals surface area contributed by atoms with E-state index in [0.717, 1.165) is 18.8 Å². The average Bonchev–Trinajstić information content (AvgIpc) is 2.25. The number of nitrogens with zero attached hydrogens (tertiary/aromatic N) is 2. The number of hydrogen-bond donors (Lipinski definition) is 1. The maximum absolute atomic E-state index is 6.08. The second kappa shape index (κ2) is 5.92. The van der Waals surface area contributed by atoms with Gasteiger partial charge in [-0.25, -0.2) is 0 Å². The normalized spacial score (nSPS) is 11.2. The standard InChI is InChI=1S/C14H25N3/c1-11(2)13-7-6-12(10-14(13)15)17(5)9-8-16(3)4/h6-7,10-11H,8-9,15H2,1-5H3. The lowest BCUT2D eigenvalue weighted by Crippen LogP contribution is -2.28. The van der Waals surface area contributed by atoms with Crippen LogP contribution in [0.2, 0.25) is 0 Å². The molecule has 0 atom stereocenters. The van der Waals surface area contributed by atoms with Gasteiger partial charge in [0.2, 0.25) is 0 Å². The zero-order valence-electron chi connectivity index (χ0n) is 11.7. The molecule has 3 heteroatoms. The Kier molecular flexibility index (Phi) is 4.82. The molecule has 0 heterocycles. The second-order valence-corrected chi connectivity index (χ2v) is 5.19. The van der Waals surface area contributed by atoms with Crippen LogP contribution in [0.3, 0.4) is 0 Å². The summed E-state index contributed by atoms with van der Waals surface area (Å²) in [6.45, 7) is 6.39. The zero-order valence-corrected chi connectivity index (χ0v) is 11.7. The molecule has 2 N–H and O–H groups in total. The van der Waals surface area contributed by atoms with Gasteiger partial charge in [-0.15, -0.1) is 0 Å². The molecule has 1 rings (SSSR count). The summed E-state index contributed by atoms with van der Waals surface area (Å²) in [6, 6.07) is 6.37. The van der Waals surface area contributed by atoms with Crippen molar-refractivity contribution in [3.05, 3.63) is 23.8 Å². The van der Waals surface area contributed by atoms with Crippen molar-refractivity contribution in [1.82, 2.24) is 4.90 Å². The van der Waals surface area contributed by atoms with Crippen molar-refractivity contribution in [2.24, 2.45) is 0 Å². The minimum absolute atomic E-state index is 0.483. The largest absolute Gasteiger partial charge is 0.398 e. The van der Waals surface area contributed by atoms with Crippen LogP contribution in [0.4, 0.5) is 11.4 Å². The van der Waals surface area contributed by atoms with E-state index in [9.17, 15) is 0 Å². The van der Waals surface area contributed by atoms with Gasteiger partial charge in [-0.05, 0) is 37.7 Å². The summed E-state index contributed by atoms with van der Waals surface area (Å²) in [5.41, 5.74) is 9.40. The van der Waals surface area contributed by atoms with E-state index in [1.54, 1.807) is 0 Å². The molecule has 0 spiro atoms. The van der Waals surface area contributed by atoms with Crippen molar-refractivity contribution in [2.75, 3.05) is 44.9 Å². The molecule has 0 bridgehead atoms. The number of likely N-dealkylation sites (N-methyl/N-ethyl adjacent to an activating group) is 2. The van der Waals surface area contributed by atoms with Crippen LogP contribution in [0, 0.1) is 0 Å². The van der Waals surface area contributed by atoms with Crippen LogP contribution in [-0.4, -0.2) is 39.1 Å². The summed E-state index contributed by atoms with van der Waals surface area (Å²) in [6.07, 6.45) is 0. The minimum Gasteiger partial charge on any atom is -0.398 e. The summed E-state index contributed by atoms with van der Waals surface area (Å²) in [5.74, 6) is 0.483. The van der Waals surface area contributed by atoms with Gasteiger partial charge in [-0.3, -0.25) is 0 Å². The molecule has 0 fully saturated rings. The summed E-state index contributed by atoms with van der Waals surface area (Å²) in [4.78, 5) is 4.42. The lowest BCUT2D eigenvalue weighted by atomic mass is 10.0. The van der Waals surface area contributed by atoms with Gasteiger partial charge in [-0.1, -0.05) is 19.9 Å². The van der Waals surface area contributed by atoms with Crippen molar-refractivity contribution in [2.45, 2.75) is 19.8 Å². The first-order valence-corrected chi connectivity index (χ1v) is 6.17. The highest BCUT2D eigenvalue weighted by Crippen LogP contribution is 2.26. The molecule has 0 aliphatic carbocycles. The maximum atomic E-state index is 6.08. The second-order valence-electron chi connectivity index (χ2n) is 5.19. The molecule has 0 saturated carbocycles. The lowest BCUT2D eigenvalue weighted by molar-refractivity contribution is 0.416. The first-order chi connectivity index (χ1) is 7.91. The third-order valence-electron chi connectivity index (χ3n) is 3.02. The van der Waals surface area contributed by atoms with E-state index in [-0.39, 0.29) is 0 Å².